The first kappa shape index (κ1) is 19.9. The van der Waals surface area contributed by atoms with Crippen molar-refractivity contribution in [3.8, 4) is 22.6 Å². The molecule has 1 saturated carbocycles. The second-order valence-corrected chi connectivity index (χ2v) is 8.43. The van der Waals surface area contributed by atoms with Gasteiger partial charge in [0.25, 0.3) is 0 Å². The molecular weight excluding hydrogens is 412 g/mol. The summed E-state index contributed by atoms with van der Waals surface area (Å²) in [6.07, 6.45) is 1.62. The fourth-order valence-electron chi connectivity index (χ4n) is 4.05. The maximum atomic E-state index is 13.2. The average molecular weight is 435 g/mol. The van der Waals surface area contributed by atoms with Gasteiger partial charge in [-0.3, -0.25) is 4.79 Å². The van der Waals surface area contributed by atoms with E-state index in [-0.39, 0.29) is 12.7 Å². The zero-order valence-electron chi connectivity index (χ0n) is 17.2. The highest BCUT2D eigenvalue weighted by molar-refractivity contribution is 6.33. The van der Waals surface area contributed by atoms with Crippen LogP contribution >= 0.6 is 11.6 Å². The van der Waals surface area contributed by atoms with Crippen LogP contribution < -0.4 is 20.1 Å². The van der Waals surface area contributed by atoms with E-state index in [1.54, 1.807) is 0 Å². The number of hydrogen-bond donors (Lipinski definition) is 2. The van der Waals surface area contributed by atoms with Crippen molar-refractivity contribution in [2.75, 3.05) is 19.2 Å². The molecule has 5 rings (SSSR count). The molecule has 1 fully saturated rings. The number of halogens is 1. The Labute approximate surface area is 186 Å². The first-order valence-corrected chi connectivity index (χ1v) is 10.7. The van der Waals surface area contributed by atoms with E-state index in [0.717, 1.165) is 47.5 Å². The van der Waals surface area contributed by atoms with E-state index >= 15 is 0 Å². The number of amides is 1. The molecule has 6 heteroatoms. The van der Waals surface area contributed by atoms with Gasteiger partial charge in [-0.25, -0.2) is 0 Å². The van der Waals surface area contributed by atoms with Crippen LogP contribution in [0.25, 0.3) is 11.1 Å². The maximum Gasteiger partial charge on any atom is 0.235 e. The monoisotopic (exact) mass is 434 g/mol. The Balaban J connectivity index is 1.38. The van der Waals surface area contributed by atoms with Crippen LogP contribution in [0.3, 0.4) is 0 Å². The van der Waals surface area contributed by atoms with Gasteiger partial charge >= 0.3 is 0 Å². The summed E-state index contributed by atoms with van der Waals surface area (Å²) in [5, 5.41) is 6.89. The molecule has 31 heavy (non-hydrogen) atoms. The molecule has 1 aliphatic carbocycles. The number of carbonyl (C=O) groups is 1. The fourth-order valence-corrected chi connectivity index (χ4v) is 4.27. The van der Waals surface area contributed by atoms with Crippen LogP contribution in [0.5, 0.6) is 11.5 Å². The van der Waals surface area contributed by atoms with E-state index in [4.69, 9.17) is 21.1 Å². The number of carbonyl (C=O) groups excluding carboxylic acids is 1. The second kappa shape index (κ2) is 7.91. The predicted octanol–water partition coefficient (Wildman–Crippen LogP) is 5.13. The lowest BCUT2D eigenvalue weighted by molar-refractivity contribution is -0.118. The van der Waals surface area contributed by atoms with Crippen molar-refractivity contribution < 1.29 is 14.3 Å². The normalized spacial score (nSPS) is 15.5. The van der Waals surface area contributed by atoms with Gasteiger partial charge in [0, 0.05) is 22.8 Å². The summed E-state index contributed by atoms with van der Waals surface area (Å²) in [5.41, 5.74) is 4.28. The Bertz CT molecular complexity index is 1140. The van der Waals surface area contributed by atoms with Crippen LogP contribution in [0.2, 0.25) is 5.02 Å². The summed E-state index contributed by atoms with van der Waals surface area (Å²) in [7, 11) is 1.92. The molecule has 0 atom stereocenters. The topological polar surface area (TPSA) is 59.6 Å². The highest BCUT2D eigenvalue weighted by Gasteiger charge is 2.51. The Morgan fingerprint density at radius 3 is 2.52 bits per heavy atom. The minimum absolute atomic E-state index is 0.0102. The lowest BCUT2D eigenvalue weighted by atomic mass is 9.94. The van der Waals surface area contributed by atoms with E-state index in [1.807, 2.05) is 43.4 Å². The van der Waals surface area contributed by atoms with Gasteiger partial charge in [-0.15, -0.1) is 0 Å². The number of fused-ring (bicyclic) bond motifs is 1. The van der Waals surface area contributed by atoms with Crippen LogP contribution in [-0.4, -0.2) is 19.7 Å². The molecule has 0 saturated heterocycles. The van der Waals surface area contributed by atoms with Gasteiger partial charge in [-0.05, 0) is 66.9 Å². The van der Waals surface area contributed by atoms with Gasteiger partial charge in [-0.2, -0.15) is 0 Å². The molecule has 0 unspecified atom stereocenters. The third kappa shape index (κ3) is 3.75. The smallest absolute Gasteiger partial charge is 0.235 e. The van der Waals surface area contributed by atoms with Gasteiger partial charge in [0.05, 0.1) is 5.41 Å². The first-order chi connectivity index (χ1) is 15.1. The van der Waals surface area contributed by atoms with E-state index in [0.29, 0.717) is 10.8 Å². The van der Waals surface area contributed by atoms with Crippen molar-refractivity contribution in [3.63, 3.8) is 0 Å². The molecule has 2 aliphatic rings. The largest absolute Gasteiger partial charge is 0.454 e. The van der Waals surface area contributed by atoms with E-state index in [2.05, 4.69) is 34.9 Å². The Hall–Kier alpha value is -3.02. The van der Waals surface area contributed by atoms with Gasteiger partial charge < -0.3 is 20.1 Å². The van der Waals surface area contributed by atoms with Crippen molar-refractivity contribution in [1.82, 2.24) is 5.32 Å². The third-order valence-electron chi connectivity index (χ3n) is 5.98. The first-order valence-electron chi connectivity index (χ1n) is 10.3. The Morgan fingerprint density at radius 1 is 1.00 bits per heavy atom. The van der Waals surface area contributed by atoms with Crippen molar-refractivity contribution in [2.24, 2.45) is 0 Å². The molecule has 3 aromatic rings. The maximum absolute atomic E-state index is 13.2. The van der Waals surface area contributed by atoms with Crippen molar-refractivity contribution in [3.05, 3.63) is 76.8 Å². The molecule has 0 radical (unpaired) electrons. The van der Waals surface area contributed by atoms with E-state index in [9.17, 15) is 4.79 Å². The summed E-state index contributed by atoms with van der Waals surface area (Å²) < 4.78 is 10.9. The van der Waals surface area contributed by atoms with Crippen LogP contribution in [0.15, 0.2) is 60.7 Å². The van der Waals surface area contributed by atoms with Crippen molar-refractivity contribution in [2.45, 2.75) is 24.8 Å². The summed E-state index contributed by atoms with van der Waals surface area (Å²) in [4.78, 5) is 13.2. The third-order valence-corrected chi connectivity index (χ3v) is 6.31. The molecule has 3 aromatic carbocycles. The number of hydrogen-bond acceptors (Lipinski definition) is 4. The summed E-state index contributed by atoms with van der Waals surface area (Å²) in [6.45, 7) is 1.04. The van der Waals surface area contributed by atoms with Crippen molar-refractivity contribution >= 4 is 23.2 Å². The fraction of sp³-hybridized carbons (Fsp3) is 0.240. The predicted molar refractivity (Wildman–Crippen MR) is 122 cm³/mol. The van der Waals surface area contributed by atoms with Crippen LogP contribution in [0.4, 0.5) is 5.69 Å². The highest BCUT2D eigenvalue weighted by Crippen LogP contribution is 2.51. The lowest BCUT2D eigenvalue weighted by Gasteiger charge is -2.17. The molecule has 0 aromatic heterocycles. The molecule has 1 heterocycles. The van der Waals surface area contributed by atoms with Crippen LogP contribution in [0, 0.1) is 0 Å². The van der Waals surface area contributed by atoms with Gasteiger partial charge in [0.2, 0.25) is 12.7 Å². The molecular formula is C25H23ClN2O3. The molecule has 2 N–H and O–H groups in total. The SMILES string of the molecule is CNCc1ccc(-c2cc(NC(=O)C3(c4ccc5c(c4)OCO5)CC3)ccc2Cl)cc1. The minimum Gasteiger partial charge on any atom is -0.454 e. The highest BCUT2D eigenvalue weighted by atomic mass is 35.5. The van der Waals surface area contributed by atoms with Gasteiger partial charge in [0.15, 0.2) is 11.5 Å². The zero-order valence-corrected chi connectivity index (χ0v) is 18.0. The van der Waals surface area contributed by atoms with E-state index < -0.39 is 5.41 Å². The van der Waals surface area contributed by atoms with Gasteiger partial charge in [0.1, 0.15) is 0 Å². The molecule has 0 spiro atoms. The number of ether oxygens (including phenoxy) is 2. The minimum atomic E-state index is -0.518. The van der Waals surface area contributed by atoms with Crippen LogP contribution in [0.1, 0.15) is 24.0 Å². The summed E-state index contributed by atoms with van der Waals surface area (Å²) in [5.74, 6) is 1.42. The molecule has 1 aliphatic heterocycles. The quantitative estimate of drug-likeness (QED) is 0.565. The van der Waals surface area contributed by atoms with Crippen LogP contribution in [-0.2, 0) is 16.8 Å². The molecule has 5 nitrogen and oxygen atoms in total. The Morgan fingerprint density at radius 2 is 1.77 bits per heavy atom. The van der Waals surface area contributed by atoms with Crippen molar-refractivity contribution in [1.29, 1.82) is 0 Å². The standard InChI is InChI=1S/C25H23ClN2O3/c1-27-14-16-2-4-17(5-3-16)20-13-19(7-8-21(20)26)28-24(29)25(10-11-25)18-6-9-22-23(12-18)31-15-30-22/h2-9,12-13,27H,10-11,14-15H2,1H3,(H,28,29). The van der Waals surface area contributed by atoms with E-state index in [1.165, 1.54) is 5.56 Å². The molecule has 158 valence electrons. The lowest BCUT2D eigenvalue weighted by Crippen LogP contribution is -2.27. The number of anilines is 1. The number of rotatable bonds is 6. The number of nitrogens with one attached hydrogen (secondary N) is 2. The summed E-state index contributed by atoms with van der Waals surface area (Å²) in [6, 6.07) is 19.6. The summed E-state index contributed by atoms with van der Waals surface area (Å²) >= 11 is 6.47. The average Bonchev–Trinajstić information content (AvgIpc) is 3.47. The zero-order chi connectivity index (χ0) is 21.4. The Kier molecular flexibility index (Phi) is 5.08. The molecule has 1 amide bonds. The van der Waals surface area contributed by atoms with Gasteiger partial charge in [-0.1, -0.05) is 41.9 Å². The number of benzene rings is 3. The molecule has 0 bridgehead atoms. The second-order valence-electron chi connectivity index (χ2n) is 8.03.